The molecule has 2 rings (SSSR count). The molecule has 4 nitrogen and oxygen atoms in total. The highest BCUT2D eigenvalue weighted by molar-refractivity contribution is 6.68. The van der Waals surface area contributed by atoms with Crippen LogP contribution >= 0.6 is 34.8 Å². The first-order valence-electron chi connectivity index (χ1n) is 6.25. The molecule has 0 spiro atoms. The Morgan fingerprint density at radius 1 is 1.19 bits per heavy atom. The van der Waals surface area contributed by atoms with Gasteiger partial charge in [0, 0.05) is 5.56 Å². The smallest absolute Gasteiger partial charge is 0.262 e. The fourth-order valence-corrected chi connectivity index (χ4v) is 2.18. The molecule has 1 amide bonds. The Morgan fingerprint density at radius 2 is 1.90 bits per heavy atom. The van der Waals surface area contributed by atoms with E-state index in [1.807, 2.05) is 12.1 Å². The number of rotatable bonds is 5. The van der Waals surface area contributed by atoms with E-state index in [0.717, 1.165) is 5.76 Å². The zero-order valence-corrected chi connectivity index (χ0v) is 13.2. The molecule has 21 heavy (non-hydrogen) atoms. The van der Waals surface area contributed by atoms with E-state index in [2.05, 4.69) is 5.32 Å². The lowest BCUT2D eigenvalue weighted by Crippen LogP contribution is -2.95. The molecule has 0 fully saturated rings. The molecule has 112 valence electrons. The van der Waals surface area contributed by atoms with Gasteiger partial charge in [-0.15, -0.1) is 0 Å². The molecule has 0 saturated heterocycles. The molecule has 1 heterocycles. The van der Waals surface area contributed by atoms with Gasteiger partial charge in [0.15, 0.2) is 5.76 Å². The number of benzene rings is 1. The minimum Gasteiger partial charge on any atom is -0.463 e. The molecule has 2 aromatic rings. The van der Waals surface area contributed by atoms with Crippen LogP contribution in [0.4, 0.5) is 0 Å². The van der Waals surface area contributed by atoms with Crippen LogP contribution in [0.25, 0.3) is 0 Å². The van der Waals surface area contributed by atoms with Crippen molar-refractivity contribution in [1.29, 1.82) is 0 Å². The Kier molecular flexibility index (Phi) is 5.53. The van der Waals surface area contributed by atoms with Crippen LogP contribution in [0, 0.1) is 0 Å². The van der Waals surface area contributed by atoms with Gasteiger partial charge in [0.25, 0.3) is 9.70 Å². The van der Waals surface area contributed by atoms with E-state index < -0.39 is 9.96 Å². The predicted molar refractivity (Wildman–Crippen MR) is 82.3 cm³/mol. The molecule has 1 aromatic carbocycles. The predicted octanol–water partition coefficient (Wildman–Crippen LogP) is 2.47. The molecule has 0 radical (unpaired) electrons. The number of carbonyl (C=O) groups is 1. The molecule has 1 aromatic heterocycles. The zero-order valence-electron chi connectivity index (χ0n) is 10.9. The Morgan fingerprint density at radius 3 is 2.48 bits per heavy atom. The van der Waals surface area contributed by atoms with Crippen molar-refractivity contribution >= 4 is 40.7 Å². The van der Waals surface area contributed by atoms with E-state index in [-0.39, 0.29) is 5.91 Å². The van der Waals surface area contributed by atoms with E-state index >= 15 is 0 Å². The Bertz CT molecular complexity index is 568. The molecule has 0 aliphatic rings. The lowest BCUT2D eigenvalue weighted by atomic mass is 10.2. The van der Waals surface area contributed by atoms with Crippen molar-refractivity contribution in [3.63, 3.8) is 0 Å². The highest BCUT2D eigenvalue weighted by Crippen LogP contribution is 2.27. The quantitative estimate of drug-likeness (QED) is 0.644. The number of hydrogen-bond donors (Lipinski definition) is 2. The average molecular weight is 349 g/mol. The first-order chi connectivity index (χ1) is 9.97. The largest absolute Gasteiger partial charge is 0.463 e. The normalized spacial score (nSPS) is 12.9. The molecule has 0 bridgehead atoms. The number of amides is 1. The number of quaternary nitrogens is 1. The molecular weight excluding hydrogens is 335 g/mol. The highest BCUT2D eigenvalue weighted by atomic mass is 35.6. The number of alkyl halides is 3. The Hall–Kier alpha value is -1.20. The van der Waals surface area contributed by atoms with Crippen LogP contribution in [-0.4, -0.2) is 15.9 Å². The zero-order chi connectivity index (χ0) is 15.3. The van der Waals surface area contributed by atoms with Gasteiger partial charge in [-0.1, -0.05) is 53.0 Å². The summed E-state index contributed by atoms with van der Waals surface area (Å²) in [6.07, 6.45) is 0.830. The Labute approximate surface area is 137 Å². The van der Waals surface area contributed by atoms with Gasteiger partial charge in [-0.05, 0) is 24.3 Å². The topological polar surface area (TPSA) is 58.9 Å². The van der Waals surface area contributed by atoms with Gasteiger partial charge >= 0.3 is 0 Å². The monoisotopic (exact) mass is 347 g/mol. The SMILES string of the molecule is O=C(NC([NH2+]Cc1ccco1)C(Cl)(Cl)Cl)c1ccccc1. The maximum absolute atomic E-state index is 12.1. The van der Waals surface area contributed by atoms with Gasteiger partial charge in [-0.2, -0.15) is 0 Å². The van der Waals surface area contributed by atoms with Gasteiger partial charge < -0.3 is 9.73 Å². The number of hydrogen-bond acceptors (Lipinski definition) is 2. The molecule has 3 N–H and O–H groups in total. The second-order valence-electron chi connectivity index (χ2n) is 4.38. The summed E-state index contributed by atoms with van der Waals surface area (Å²) in [5.41, 5.74) is 0.503. The molecule has 1 atom stereocenters. The fraction of sp³-hybridized carbons (Fsp3) is 0.214. The van der Waals surface area contributed by atoms with Crippen molar-refractivity contribution in [2.24, 2.45) is 0 Å². The molecule has 0 aliphatic carbocycles. The Balaban J connectivity index is 2.01. The minimum absolute atomic E-state index is 0.303. The summed E-state index contributed by atoms with van der Waals surface area (Å²) in [6.45, 7) is 0.445. The lowest BCUT2D eigenvalue weighted by molar-refractivity contribution is -0.708. The standard InChI is InChI=1S/C14H13Cl3N2O2/c15-14(16,17)13(18-9-11-7-4-8-21-11)19-12(20)10-5-2-1-3-6-10/h1-8,13,18H,9H2,(H,19,20)/p+1. The number of nitrogens with one attached hydrogen (secondary N) is 1. The molecule has 7 heteroatoms. The third kappa shape index (κ3) is 4.93. The van der Waals surface area contributed by atoms with Crippen molar-refractivity contribution in [3.05, 3.63) is 60.1 Å². The maximum Gasteiger partial charge on any atom is 0.262 e. The van der Waals surface area contributed by atoms with Crippen molar-refractivity contribution in [3.8, 4) is 0 Å². The summed E-state index contributed by atoms with van der Waals surface area (Å²) < 4.78 is 3.57. The summed E-state index contributed by atoms with van der Waals surface area (Å²) in [5.74, 6) is 0.422. The van der Waals surface area contributed by atoms with Crippen molar-refractivity contribution in [2.75, 3.05) is 0 Å². The average Bonchev–Trinajstić information content (AvgIpc) is 2.96. The van der Waals surface area contributed by atoms with Crippen LogP contribution in [0.5, 0.6) is 0 Å². The fourth-order valence-electron chi connectivity index (χ4n) is 1.75. The van der Waals surface area contributed by atoms with Crippen molar-refractivity contribution in [1.82, 2.24) is 5.32 Å². The summed E-state index contributed by atoms with van der Waals surface area (Å²) in [6, 6.07) is 12.3. The lowest BCUT2D eigenvalue weighted by Gasteiger charge is -2.23. The molecule has 0 saturated carbocycles. The van der Waals surface area contributed by atoms with Gasteiger partial charge in [-0.3, -0.25) is 10.1 Å². The maximum atomic E-state index is 12.1. The number of carbonyl (C=O) groups excluding carboxylic acids is 1. The van der Waals surface area contributed by atoms with Crippen molar-refractivity contribution < 1.29 is 14.5 Å². The number of furan rings is 1. The third-order valence-electron chi connectivity index (χ3n) is 2.81. The van der Waals surface area contributed by atoms with Crippen molar-refractivity contribution in [2.45, 2.75) is 16.5 Å². The van der Waals surface area contributed by atoms with E-state index in [1.54, 1.807) is 41.9 Å². The van der Waals surface area contributed by atoms with Gasteiger partial charge in [0.2, 0.25) is 6.17 Å². The van der Waals surface area contributed by atoms with Crippen LogP contribution < -0.4 is 10.6 Å². The van der Waals surface area contributed by atoms with Crippen LogP contribution in [-0.2, 0) is 6.54 Å². The van der Waals surface area contributed by atoms with E-state index in [9.17, 15) is 4.79 Å². The first kappa shape index (κ1) is 16.2. The highest BCUT2D eigenvalue weighted by Gasteiger charge is 2.37. The van der Waals surface area contributed by atoms with Gasteiger partial charge in [0.05, 0.1) is 6.26 Å². The van der Waals surface area contributed by atoms with Crippen LogP contribution in [0.15, 0.2) is 53.1 Å². The summed E-state index contributed by atoms with van der Waals surface area (Å²) in [5, 5.41) is 4.40. The summed E-state index contributed by atoms with van der Waals surface area (Å²) >= 11 is 17.8. The van der Waals surface area contributed by atoms with Crippen LogP contribution in [0.2, 0.25) is 0 Å². The van der Waals surface area contributed by atoms with Gasteiger partial charge in [-0.25, -0.2) is 0 Å². The first-order valence-corrected chi connectivity index (χ1v) is 7.38. The number of nitrogens with two attached hydrogens (primary N) is 1. The van der Waals surface area contributed by atoms with E-state index in [0.29, 0.717) is 12.1 Å². The van der Waals surface area contributed by atoms with E-state index in [4.69, 9.17) is 39.2 Å². The summed E-state index contributed by atoms with van der Waals surface area (Å²) in [4.78, 5) is 12.1. The second kappa shape index (κ2) is 7.18. The number of halogens is 3. The van der Waals surface area contributed by atoms with Crippen LogP contribution in [0.3, 0.4) is 0 Å². The van der Waals surface area contributed by atoms with Crippen LogP contribution in [0.1, 0.15) is 16.1 Å². The second-order valence-corrected chi connectivity index (χ2v) is 6.75. The summed E-state index contributed by atoms with van der Waals surface area (Å²) in [7, 11) is 0. The third-order valence-corrected chi connectivity index (χ3v) is 3.52. The molecule has 1 unspecified atom stereocenters. The van der Waals surface area contributed by atoms with Gasteiger partial charge in [0.1, 0.15) is 6.54 Å². The molecule has 0 aliphatic heterocycles. The minimum atomic E-state index is -1.64. The molecular formula is C14H14Cl3N2O2+. The van der Waals surface area contributed by atoms with E-state index in [1.165, 1.54) is 0 Å².